The number of ether oxygens (including phenoxy) is 4. The van der Waals surface area contributed by atoms with Crippen molar-refractivity contribution in [1.82, 2.24) is 5.32 Å². The predicted molar refractivity (Wildman–Crippen MR) is 244 cm³/mol. The fraction of sp³-hybridized carbons (Fsp3) is 0.816. The van der Waals surface area contributed by atoms with Crippen LogP contribution >= 0.6 is 0 Å². The number of nitrogens with one attached hydrogen (secondary N) is 1. The van der Waals surface area contributed by atoms with E-state index < -0.39 is 86.8 Å². The van der Waals surface area contributed by atoms with Gasteiger partial charge in [0.1, 0.15) is 48.8 Å². The molecule has 0 aromatic heterocycles. The number of allylic oxidation sites excluding steroid dienone is 7. The van der Waals surface area contributed by atoms with Gasteiger partial charge in [-0.25, -0.2) is 0 Å². The van der Waals surface area contributed by atoms with Gasteiger partial charge in [0, 0.05) is 6.42 Å². The number of carbonyl (C=O) groups excluding carboxylic acids is 1. The molecule has 0 spiro atoms. The summed E-state index contributed by atoms with van der Waals surface area (Å²) in [6, 6.07) is -0.931. The van der Waals surface area contributed by atoms with E-state index >= 15 is 0 Å². The monoisotopic (exact) mass is 898 g/mol. The second-order valence-electron chi connectivity index (χ2n) is 17.2. The Hall–Kier alpha value is -2.05. The van der Waals surface area contributed by atoms with E-state index in [2.05, 4.69) is 55.6 Å². The number of hydrogen-bond donors (Lipinski definition) is 9. The van der Waals surface area contributed by atoms with E-state index in [1.807, 2.05) is 6.08 Å². The van der Waals surface area contributed by atoms with E-state index in [9.17, 15) is 45.6 Å². The molecule has 2 rings (SSSR count). The Labute approximate surface area is 378 Å². The topological polar surface area (TPSA) is 228 Å². The van der Waals surface area contributed by atoms with Crippen LogP contribution in [0.15, 0.2) is 48.6 Å². The Morgan fingerprint density at radius 2 is 1.08 bits per heavy atom. The summed E-state index contributed by atoms with van der Waals surface area (Å²) in [5.74, 6) is -0.260. The highest BCUT2D eigenvalue weighted by Gasteiger charge is 2.51. The molecule has 63 heavy (non-hydrogen) atoms. The zero-order valence-corrected chi connectivity index (χ0v) is 38.6. The molecule has 366 valence electrons. The maximum Gasteiger partial charge on any atom is 0.220 e. The van der Waals surface area contributed by atoms with Crippen LogP contribution in [0.25, 0.3) is 0 Å². The third-order valence-electron chi connectivity index (χ3n) is 11.7. The minimum atomic E-state index is -1.79. The summed E-state index contributed by atoms with van der Waals surface area (Å²) in [7, 11) is 0. The molecule has 14 nitrogen and oxygen atoms in total. The van der Waals surface area contributed by atoms with Crippen molar-refractivity contribution < 1.29 is 64.6 Å². The second-order valence-corrected chi connectivity index (χ2v) is 17.2. The third kappa shape index (κ3) is 23.8. The van der Waals surface area contributed by atoms with Crippen LogP contribution in [0.1, 0.15) is 162 Å². The molecular weight excluding hydrogens is 811 g/mol. The fourth-order valence-electron chi connectivity index (χ4n) is 7.67. The van der Waals surface area contributed by atoms with Crippen molar-refractivity contribution in [2.45, 2.75) is 235 Å². The van der Waals surface area contributed by atoms with Crippen molar-refractivity contribution in [2.75, 3.05) is 19.8 Å². The highest BCUT2D eigenvalue weighted by Crippen LogP contribution is 2.30. The lowest BCUT2D eigenvalue weighted by atomic mass is 9.97. The molecule has 0 saturated carbocycles. The molecule has 1 amide bonds. The Kier molecular flexibility index (Phi) is 32.7. The minimum absolute atomic E-state index is 0.260. The van der Waals surface area contributed by atoms with E-state index in [0.29, 0.717) is 12.8 Å². The molecule has 2 aliphatic rings. The van der Waals surface area contributed by atoms with E-state index in [0.717, 1.165) is 57.8 Å². The molecule has 2 saturated heterocycles. The van der Waals surface area contributed by atoms with Gasteiger partial charge in [-0.3, -0.25) is 4.79 Å². The van der Waals surface area contributed by atoms with Crippen LogP contribution in [-0.2, 0) is 23.7 Å². The van der Waals surface area contributed by atoms with Crippen LogP contribution in [0.4, 0.5) is 0 Å². The highest BCUT2D eigenvalue weighted by molar-refractivity contribution is 5.76. The number of unbranched alkanes of at least 4 members (excludes halogenated alkanes) is 17. The second kappa shape index (κ2) is 36.1. The van der Waals surface area contributed by atoms with Crippen LogP contribution in [0.5, 0.6) is 0 Å². The lowest BCUT2D eigenvalue weighted by Crippen LogP contribution is -2.65. The SMILES string of the molecule is CCCC/C=C/CC/C=C/C(O)C(COC1OC(CO)C(OC2OC(CO)C(O)C(O)C2O)C(O)C1O)NC(=O)CCCCCCCCCCC/C=C\C/C=C\CCCCCCC. The van der Waals surface area contributed by atoms with E-state index in [1.54, 1.807) is 6.08 Å². The van der Waals surface area contributed by atoms with Gasteiger partial charge in [0.25, 0.3) is 0 Å². The normalized spacial score (nSPS) is 27.9. The standard InChI is InChI=1S/C49H87NO13/c1-3-5-7-9-11-13-14-15-16-17-18-19-20-21-22-23-24-25-27-29-31-33-41(54)50-37(38(53)32-30-28-26-12-10-8-6-4-2)36-60-48-46(59)44(57)47(40(35-52)62-48)63-49-45(58)43(56)42(55)39(34-51)61-49/h10,12,14-15,17-18,30,32,37-40,42-49,51-53,55-59H,3-9,11,13,16,19-29,31,33-36H2,1-2H3,(H,50,54)/b12-10+,15-14-,18-17-,32-30+. The summed E-state index contributed by atoms with van der Waals surface area (Å²) < 4.78 is 22.6. The molecule has 9 N–H and O–H groups in total. The summed E-state index contributed by atoms with van der Waals surface area (Å²) in [4.78, 5) is 13.1. The highest BCUT2D eigenvalue weighted by atomic mass is 16.7. The maximum absolute atomic E-state index is 13.1. The van der Waals surface area contributed by atoms with Crippen LogP contribution in [0, 0.1) is 0 Å². The largest absolute Gasteiger partial charge is 0.394 e. The average Bonchev–Trinajstić information content (AvgIpc) is 3.28. The first-order valence-corrected chi connectivity index (χ1v) is 24.4. The Bertz CT molecular complexity index is 1250. The van der Waals surface area contributed by atoms with Crippen LogP contribution in [0.3, 0.4) is 0 Å². The fourth-order valence-corrected chi connectivity index (χ4v) is 7.67. The first-order chi connectivity index (χ1) is 30.6. The summed E-state index contributed by atoms with van der Waals surface area (Å²) >= 11 is 0. The smallest absolute Gasteiger partial charge is 0.220 e. The van der Waals surface area contributed by atoms with Gasteiger partial charge in [-0.05, 0) is 57.8 Å². The molecule has 12 atom stereocenters. The molecular formula is C49H87NO13. The Morgan fingerprint density at radius 3 is 1.70 bits per heavy atom. The molecule has 2 aliphatic heterocycles. The summed E-state index contributed by atoms with van der Waals surface area (Å²) in [5.41, 5.74) is 0. The maximum atomic E-state index is 13.1. The van der Waals surface area contributed by atoms with Crippen LogP contribution < -0.4 is 5.32 Å². The predicted octanol–water partition coefficient (Wildman–Crippen LogP) is 5.71. The molecule has 0 radical (unpaired) electrons. The number of hydrogen-bond acceptors (Lipinski definition) is 13. The van der Waals surface area contributed by atoms with Crippen molar-refractivity contribution in [3.63, 3.8) is 0 Å². The minimum Gasteiger partial charge on any atom is -0.394 e. The van der Waals surface area contributed by atoms with E-state index in [1.165, 1.54) is 70.6 Å². The molecule has 2 fully saturated rings. The van der Waals surface area contributed by atoms with Gasteiger partial charge in [0.05, 0.1) is 32.0 Å². The number of aliphatic hydroxyl groups is 8. The van der Waals surface area contributed by atoms with Gasteiger partial charge >= 0.3 is 0 Å². The van der Waals surface area contributed by atoms with Gasteiger partial charge in [0.15, 0.2) is 12.6 Å². The number of amides is 1. The Morgan fingerprint density at radius 1 is 0.571 bits per heavy atom. The zero-order chi connectivity index (χ0) is 46.1. The average molecular weight is 898 g/mol. The van der Waals surface area contributed by atoms with Crippen molar-refractivity contribution in [3.8, 4) is 0 Å². The van der Waals surface area contributed by atoms with E-state index in [4.69, 9.17) is 18.9 Å². The molecule has 2 heterocycles. The lowest BCUT2D eigenvalue weighted by Gasteiger charge is -2.46. The van der Waals surface area contributed by atoms with Crippen molar-refractivity contribution in [1.29, 1.82) is 0 Å². The molecule has 0 aliphatic carbocycles. The van der Waals surface area contributed by atoms with Gasteiger partial charge in [-0.1, -0.05) is 146 Å². The Balaban J connectivity index is 1.79. The summed E-state index contributed by atoms with van der Waals surface area (Å²) in [5, 5.41) is 86.3. The summed E-state index contributed by atoms with van der Waals surface area (Å²) in [6.07, 6.45) is 24.7. The molecule has 0 aromatic rings. The number of aliphatic hydroxyl groups excluding tert-OH is 8. The number of rotatable bonds is 36. The van der Waals surface area contributed by atoms with Gasteiger partial charge in [-0.2, -0.15) is 0 Å². The molecule has 0 bridgehead atoms. The lowest BCUT2D eigenvalue weighted by molar-refractivity contribution is -0.359. The first-order valence-electron chi connectivity index (χ1n) is 24.4. The van der Waals surface area contributed by atoms with E-state index in [-0.39, 0.29) is 18.9 Å². The molecule has 14 heteroatoms. The number of carbonyl (C=O) groups is 1. The van der Waals surface area contributed by atoms with Crippen molar-refractivity contribution in [3.05, 3.63) is 48.6 Å². The van der Waals surface area contributed by atoms with Gasteiger partial charge in [-0.15, -0.1) is 0 Å². The quantitative estimate of drug-likeness (QED) is 0.0272. The summed E-state index contributed by atoms with van der Waals surface area (Å²) in [6.45, 7) is 2.65. The molecule has 0 aromatic carbocycles. The molecule has 12 unspecified atom stereocenters. The van der Waals surface area contributed by atoms with Crippen LogP contribution in [0.2, 0.25) is 0 Å². The third-order valence-corrected chi connectivity index (χ3v) is 11.7. The van der Waals surface area contributed by atoms with Crippen molar-refractivity contribution >= 4 is 5.91 Å². The zero-order valence-electron chi connectivity index (χ0n) is 38.6. The van der Waals surface area contributed by atoms with Crippen molar-refractivity contribution in [2.24, 2.45) is 0 Å². The van der Waals surface area contributed by atoms with Gasteiger partial charge in [0.2, 0.25) is 5.91 Å². The van der Waals surface area contributed by atoms with Crippen LogP contribution in [-0.4, -0.2) is 140 Å². The van der Waals surface area contributed by atoms with Gasteiger partial charge < -0.3 is 65.1 Å². The first kappa shape index (κ1) is 57.1.